The molecule has 0 bridgehead atoms. The molecule has 0 aliphatic carbocycles. The fourth-order valence-electron chi connectivity index (χ4n) is 2.76. The number of nitrogens with zero attached hydrogens (tertiary/aromatic N) is 1. The van der Waals surface area contributed by atoms with Crippen LogP contribution in [0.5, 0.6) is 0 Å². The molecular weight excluding hydrogens is 297 g/mol. The molecule has 1 aromatic carbocycles. The van der Waals surface area contributed by atoms with Crippen LogP contribution in [0.2, 0.25) is 0 Å². The standard InChI is InChI=1S/C15H19F3N2O2/c1-2-19-14(22)9-20-8-12(21)7-13(20)10-4-3-5-11(6-10)15(16,17)18/h3-6,12-13,21H,2,7-9H2,1H3,(H,19,22)/t12-,13-/m1/s1. The summed E-state index contributed by atoms with van der Waals surface area (Å²) in [6.45, 7) is 2.62. The van der Waals surface area contributed by atoms with Gasteiger partial charge in [0.25, 0.3) is 0 Å². The lowest BCUT2D eigenvalue weighted by Crippen LogP contribution is -2.37. The minimum absolute atomic E-state index is 0.0613. The first-order valence-corrected chi connectivity index (χ1v) is 7.17. The van der Waals surface area contributed by atoms with Gasteiger partial charge in [-0.3, -0.25) is 9.69 Å². The Kier molecular flexibility index (Phi) is 5.08. The highest BCUT2D eigenvalue weighted by Gasteiger charge is 2.35. The van der Waals surface area contributed by atoms with Crippen LogP contribution in [0.25, 0.3) is 0 Å². The molecule has 1 fully saturated rings. The van der Waals surface area contributed by atoms with Crippen LogP contribution in [-0.4, -0.2) is 41.7 Å². The van der Waals surface area contributed by atoms with E-state index in [1.165, 1.54) is 6.07 Å². The SMILES string of the molecule is CCNC(=O)CN1C[C@H](O)C[C@@H]1c1cccc(C(F)(F)F)c1. The highest BCUT2D eigenvalue weighted by molar-refractivity contribution is 5.78. The second-order valence-electron chi connectivity index (χ2n) is 5.41. The van der Waals surface area contributed by atoms with E-state index in [0.29, 0.717) is 18.5 Å². The van der Waals surface area contributed by atoms with Crippen molar-refractivity contribution >= 4 is 5.91 Å². The Hall–Kier alpha value is -1.60. The molecule has 1 saturated heterocycles. The number of benzene rings is 1. The fourth-order valence-corrected chi connectivity index (χ4v) is 2.76. The van der Waals surface area contributed by atoms with Crippen molar-refractivity contribution in [3.05, 3.63) is 35.4 Å². The van der Waals surface area contributed by atoms with E-state index in [1.54, 1.807) is 17.9 Å². The monoisotopic (exact) mass is 316 g/mol. The van der Waals surface area contributed by atoms with E-state index in [0.717, 1.165) is 12.1 Å². The number of likely N-dealkylation sites (tertiary alicyclic amines) is 1. The molecule has 122 valence electrons. The topological polar surface area (TPSA) is 52.6 Å². The molecular formula is C15H19F3N2O2. The molecule has 2 N–H and O–H groups in total. The summed E-state index contributed by atoms with van der Waals surface area (Å²) < 4.78 is 38.4. The van der Waals surface area contributed by atoms with Gasteiger partial charge in [0.05, 0.1) is 18.2 Å². The normalized spacial score (nSPS) is 22.8. The van der Waals surface area contributed by atoms with Gasteiger partial charge in [-0.15, -0.1) is 0 Å². The van der Waals surface area contributed by atoms with Crippen LogP contribution < -0.4 is 5.32 Å². The van der Waals surface area contributed by atoms with E-state index in [2.05, 4.69) is 5.32 Å². The van der Waals surface area contributed by atoms with Crippen LogP contribution in [0.3, 0.4) is 0 Å². The molecule has 0 radical (unpaired) electrons. The van der Waals surface area contributed by atoms with Crippen molar-refractivity contribution in [2.24, 2.45) is 0 Å². The zero-order valence-corrected chi connectivity index (χ0v) is 12.2. The Labute approximate surface area is 126 Å². The third-order valence-electron chi connectivity index (χ3n) is 3.70. The van der Waals surface area contributed by atoms with Gasteiger partial charge < -0.3 is 10.4 Å². The molecule has 1 aliphatic rings. The van der Waals surface area contributed by atoms with Gasteiger partial charge in [0.1, 0.15) is 0 Å². The van der Waals surface area contributed by atoms with Crippen LogP contribution >= 0.6 is 0 Å². The van der Waals surface area contributed by atoms with E-state index in [1.807, 2.05) is 0 Å². The first-order valence-electron chi connectivity index (χ1n) is 7.17. The predicted octanol–water partition coefficient (Wildman–Crippen LogP) is 1.95. The Morgan fingerprint density at radius 1 is 1.45 bits per heavy atom. The van der Waals surface area contributed by atoms with Gasteiger partial charge in [-0.2, -0.15) is 13.2 Å². The van der Waals surface area contributed by atoms with Crippen molar-refractivity contribution in [2.45, 2.75) is 31.7 Å². The van der Waals surface area contributed by atoms with Gasteiger partial charge in [-0.05, 0) is 31.0 Å². The highest BCUT2D eigenvalue weighted by Crippen LogP contribution is 2.35. The third kappa shape index (κ3) is 3.98. The molecule has 1 heterocycles. The Morgan fingerprint density at radius 2 is 2.18 bits per heavy atom. The van der Waals surface area contributed by atoms with Crippen LogP contribution in [0.1, 0.15) is 30.5 Å². The maximum absolute atomic E-state index is 12.8. The molecule has 0 saturated carbocycles. The maximum atomic E-state index is 12.8. The summed E-state index contributed by atoms with van der Waals surface area (Å²) >= 11 is 0. The summed E-state index contributed by atoms with van der Waals surface area (Å²) in [6, 6.07) is 4.67. The van der Waals surface area contributed by atoms with Gasteiger partial charge in [0, 0.05) is 19.1 Å². The van der Waals surface area contributed by atoms with Crippen molar-refractivity contribution < 1.29 is 23.1 Å². The minimum Gasteiger partial charge on any atom is -0.392 e. The lowest BCUT2D eigenvalue weighted by atomic mass is 10.0. The van der Waals surface area contributed by atoms with Crippen LogP contribution in [0.4, 0.5) is 13.2 Å². The second kappa shape index (κ2) is 6.66. The van der Waals surface area contributed by atoms with Crippen molar-refractivity contribution in [3.63, 3.8) is 0 Å². The maximum Gasteiger partial charge on any atom is 0.416 e. The average molecular weight is 316 g/mol. The predicted molar refractivity (Wildman–Crippen MR) is 75.1 cm³/mol. The van der Waals surface area contributed by atoms with Gasteiger partial charge in [-0.25, -0.2) is 0 Å². The molecule has 0 unspecified atom stereocenters. The number of carbonyl (C=O) groups excluding carboxylic acids is 1. The summed E-state index contributed by atoms with van der Waals surface area (Å²) in [5.41, 5.74) is -0.250. The second-order valence-corrected chi connectivity index (χ2v) is 5.41. The Balaban J connectivity index is 2.20. The summed E-state index contributed by atoms with van der Waals surface area (Å²) in [7, 11) is 0. The van der Waals surface area contributed by atoms with Crippen LogP contribution in [-0.2, 0) is 11.0 Å². The van der Waals surface area contributed by atoms with E-state index >= 15 is 0 Å². The number of hydrogen-bond donors (Lipinski definition) is 2. The summed E-state index contributed by atoms with van der Waals surface area (Å²) in [6.07, 6.45) is -4.73. The number of hydrogen-bond acceptors (Lipinski definition) is 3. The number of aliphatic hydroxyl groups excluding tert-OH is 1. The van der Waals surface area contributed by atoms with E-state index in [4.69, 9.17) is 0 Å². The summed E-state index contributed by atoms with van der Waals surface area (Å²) in [5, 5.41) is 12.5. The smallest absolute Gasteiger partial charge is 0.392 e. The zero-order valence-electron chi connectivity index (χ0n) is 12.2. The minimum atomic E-state index is -4.41. The van der Waals surface area contributed by atoms with Gasteiger partial charge >= 0.3 is 6.18 Å². The molecule has 1 aromatic rings. The number of carbonyl (C=O) groups is 1. The van der Waals surface area contributed by atoms with Gasteiger partial charge in [-0.1, -0.05) is 12.1 Å². The van der Waals surface area contributed by atoms with Crippen molar-refractivity contribution in [1.82, 2.24) is 10.2 Å². The van der Waals surface area contributed by atoms with Crippen molar-refractivity contribution in [3.8, 4) is 0 Å². The van der Waals surface area contributed by atoms with Gasteiger partial charge in [0.2, 0.25) is 5.91 Å². The molecule has 0 spiro atoms. The first kappa shape index (κ1) is 16.8. The lowest BCUT2D eigenvalue weighted by Gasteiger charge is -2.24. The molecule has 2 rings (SSSR count). The molecule has 2 atom stereocenters. The average Bonchev–Trinajstić information content (AvgIpc) is 2.79. The molecule has 0 aromatic heterocycles. The number of nitrogens with one attached hydrogen (secondary N) is 1. The quantitative estimate of drug-likeness (QED) is 0.893. The summed E-state index contributed by atoms with van der Waals surface area (Å²) in [4.78, 5) is 13.4. The number of alkyl halides is 3. The van der Waals surface area contributed by atoms with Crippen molar-refractivity contribution in [1.29, 1.82) is 0 Å². The van der Waals surface area contributed by atoms with E-state index in [-0.39, 0.29) is 25.0 Å². The Bertz CT molecular complexity index is 534. The molecule has 22 heavy (non-hydrogen) atoms. The number of likely N-dealkylation sites (N-methyl/N-ethyl adjacent to an activating group) is 1. The number of rotatable bonds is 4. The number of halogens is 3. The summed E-state index contributed by atoms with van der Waals surface area (Å²) in [5.74, 6) is -0.200. The molecule has 1 aliphatic heterocycles. The highest BCUT2D eigenvalue weighted by atomic mass is 19.4. The molecule has 1 amide bonds. The Morgan fingerprint density at radius 3 is 2.82 bits per heavy atom. The third-order valence-corrected chi connectivity index (χ3v) is 3.70. The molecule has 7 heteroatoms. The largest absolute Gasteiger partial charge is 0.416 e. The van der Waals surface area contributed by atoms with Crippen LogP contribution in [0, 0.1) is 0 Å². The lowest BCUT2D eigenvalue weighted by molar-refractivity contribution is -0.137. The number of β-amino-alcohol motifs (C(OH)–C–C–N with tert-alkyl or cyclic N) is 1. The van der Waals surface area contributed by atoms with E-state index in [9.17, 15) is 23.1 Å². The van der Waals surface area contributed by atoms with Crippen molar-refractivity contribution in [2.75, 3.05) is 19.6 Å². The number of amides is 1. The first-order chi connectivity index (χ1) is 10.3. The fraction of sp³-hybridized carbons (Fsp3) is 0.533. The van der Waals surface area contributed by atoms with Crippen LogP contribution in [0.15, 0.2) is 24.3 Å². The van der Waals surface area contributed by atoms with E-state index < -0.39 is 17.8 Å². The zero-order chi connectivity index (χ0) is 16.3. The van der Waals surface area contributed by atoms with Gasteiger partial charge in [0.15, 0.2) is 0 Å². The molecule has 4 nitrogen and oxygen atoms in total. The number of aliphatic hydroxyl groups is 1.